The van der Waals surface area contributed by atoms with Crippen LogP contribution in [-0.2, 0) is 0 Å². The van der Waals surface area contributed by atoms with Crippen molar-refractivity contribution in [2.75, 3.05) is 0 Å². The summed E-state index contributed by atoms with van der Waals surface area (Å²) in [7, 11) is 0. The standard InChI is InChI=1S/C13H9ClN2/c14-11-6-7-16-12(8-11)9-15-13(16)10-4-2-1-3-5-10/h1-9H. The van der Waals surface area contributed by atoms with Gasteiger partial charge in [0, 0.05) is 16.8 Å². The van der Waals surface area contributed by atoms with Crippen molar-refractivity contribution in [3.63, 3.8) is 0 Å². The van der Waals surface area contributed by atoms with Gasteiger partial charge in [0.15, 0.2) is 0 Å². The van der Waals surface area contributed by atoms with E-state index in [-0.39, 0.29) is 0 Å². The van der Waals surface area contributed by atoms with Crippen LogP contribution in [0, 0.1) is 0 Å². The second-order valence-corrected chi connectivity index (χ2v) is 4.02. The van der Waals surface area contributed by atoms with E-state index in [9.17, 15) is 0 Å². The minimum Gasteiger partial charge on any atom is -0.300 e. The Morgan fingerprint density at radius 1 is 1.06 bits per heavy atom. The fourth-order valence-corrected chi connectivity index (χ4v) is 1.94. The van der Waals surface area contributed by atoms with E-state index in [1.165, 1.54) is 0 Å². The lowest BCUT2D eigenvalue weighted by Crippen LogP contribution is -1.88. The number of pyridine rings is 1. The van der Waals surface area contributed by atoms with Crippen molar-refractivity contribution in [1.82, 2.24) is 9.38 Å². The van der Waals surface area contributed by atoms with Gasteiger partial charge in [-0.1, -0.05) is 41.9 Å². The van der Waals surface area contributed by atoms with E-state index in [4.69, 9.17) is 11.6 Å². The molecule has 0 atom stereocenters. The van der Waals surface area contributed by atoms with Gasteiger partial charge in [-0.2, -0.15) is 0 Å². The molecule has 2 aromatic heterocycles. The van der Waals surface area contributed by atoms with Gasteiger partial charge in [0.05, 0.1) is 11.7 Å². The van der Waals surface area contributed by atoms with E-state index >= 15 is 0 Å². The third kappa shape index (κ3) is 1.48. The van der Waals surface area contributed by atoms with Gasteiger partial charge in [0.2, 0.25) is 0 Å². The maximum atomic E-state index is 5.93. The average molecular weight is 229 g/mol. The monoisotopic (exact) mass is 228 g/mol. The highest BCUT2D eigenvalue weighted by Gasteiger charge is 2.05. The Bertz CT molecular complexity index is 629. The zero-order valence-corrected chi connectivity index (χ0v) is 9.22. The van der Waals surface area contributed by atoms with E-state index in [1.54, 1.807) is 0 Å². The van der Waals surface area contributed by atoms with Crippen LogP contribution >= 0.6 is 11.6 Å². The lowest BCUT2D eigenvalue weighted by molar-refractivity contribution is 1.16. The van der Waals surface area contributed by atoms with Crippen LogP contribution in [0.5, 0.6) is 0 Å². The topological polar surface area (TPSA) is 17.3 Å². The molecule has 1 aromatic carbocycles. The van der Waals surface area contributed by atoms with Gasteiger partial charge in [-0.3, -0.25) is 4.40 Å². The van der Waals surface area contributed by atoms with E-state index < -0.39 is 0 Å². The second-order valence-electron chi connectivity index (χ2n) is 3.59. The van der Waals surface area contributed by atoms with E-state index in [0.29, 0.717) is 0 Å². The van der Waals surface area contributed by atoms with Gasteiger partial charge in [-0.25, -0.2) is 4.98 Å². The number of hydrogen-bond donors (Lipinski definition) is 0. The minimum absolute atomic E-state index is 0.729. The summed E-state index contributed by atoms with van der Waals surface area (Å²) >= 11 is 5.93. The van der Waals surface area contributed by atoms with E-state index in [0.717, 1.165) is 21.9 Å². The Labute approximate surface area is 98.1 Å². The first kappa shape index (κ1) is 9.43. The Hall–Kier alpha value is -1.80. The molecular weight excluding hydrogens is 220 g/mol. The molecule has 0 amide bonds. The summed E-state index contributed by atoms with van der Waals surface area (Å²) in [4.78, 5) is 4.41. The Kier molecular flexibility index (Phi) is 2.15. The average Bonchev–Trinajstić information content (AvgIpc) is 2.73. The molecule has 2 heterocycles. The summed E-state index contributed by atoms with van der Waals surface area (Å²) in [5, 5.41) is 0.729. The van der Waals surface area contributed by atoms with Crippen molar-refractivity contribution in [2.45, 2.75) is 0 Å². The quantitative estimate of drug-likeness (QED) is 0.621. The van der Waals surface area contributed by atoms with Crippen molar-refractivity contribution in [3.8, 4) is 11.4 Å². The smallest absolute Gasteiger partial charge is 0.144 e. The summed E-state index contributed by atoms with van der Waals surface area (Å²) < 4.78 is 2.03. The molecule has 3 aromatic rings. The highest BCUT2D eigenvalue weighted by molar-refractivity contribution is 6.30. The number of aromatic nitrogens is 2. The zero-order chi connectivity index (χ0) is 11.0. The number of imidazole rings is 1. The zero-order valence-electron chi connectivity index (χ0n) is 8.47. The molecule has 0 aliphatic rings. The van der Waals surface area contributed by atoms with Crippen molar-refractivity contribution in [1.29, 1.82) is 0 Å². The minimum atomic E-state index is 0.729. The van der Waals surface area contributed by atoms with Crippen molar-refractivity contribution in [3.05, 3.63) is 59.9 Å². The molecule has 0 radical (unpaired) electrons. The van der Waals surface area contributed by atoms with E-state index in [2.05, 4.69) is 4.98 Å². The Morgan fingerprint density at radius 2 is 1.88 bits per heavy atom. The molecule has 0 saturated carbocycles. The molecule has 0 aliphatic heterocycles. The Morgan fingerprint density at radius 3 is 2.69 bits per heavy atom. The molecule has 0 aliphatic carbocycles. The van der Waals surface area contributed by atoms with Crippen LogP contribution in [0.25, 0.3) is 16.9 Å². The predicted molar refractivity (Wildman–Crippen MR) is 65.6 cm³/mol. The molecule has 78 valence electrons. The SMILES string of the molecule is Clc1ccn2c(-c3ccccc3)ncc2c1. The normalized spacial score (nSPS) is 10.8. The number of nitrogens with zero attached hydrogens (tertiary/aromatic N) is 2. The van der Waals surface area contributed by atoms with Crippen LogP contribution in [0.4, 0.5) is 0 Å². The second kappa shape index (κ2) is 3.65. The molecular formula is C13H9ClN2. The lowest BCUT2D eigenvalue weighted by atomic mass is 10.2. The first-order chi connectivity index (χ1) is 7.84. The molecule has 0 saturated heterocycles. The third-order valence-corrected chi connectivity index (χ3v) is 2.76. The van der Waals surface area contributed by atoms with Crippen LogP contribution in [0.1, 0.15) is 0 Å². The molecule has 2 nitrogen and oxygen atoms in total. The molecule has 0 unspecified atom stereocenters. The van der Waals surface area contributed by atoms with Gasteiger partial charge < -0.3 is 0 Å². The summed E-state index contributed by atoms with van der Waals surface area (Å²) in [5.74, 6) is 0.937. The third-order valence-electron chi connectivity index (χ3n) is 2.53. The summed E-state index contributed by atoms with van der Waals surface area (Å²) in [6.45, 7) is 0. The summed E-state index contributed by atoms with van der Waals surface area (Å²) in [6.07, 6.45) is 3.77. The van der Waals surface area contributed by atoms with Gasteiger partial charge in [-0.05, 0) is 12.1 Å². The van der Waals surface area contributed by atoms with Crippen molar-refractivity contribution >= 4 is 17.1 Å². The molecule has 16 heavy (non-hydrogen) atoms. The van der Waals surface area contributed by atoms with Crippen LogP contribution in [-0.4, -0.2) is 9.38 Å². The largest absolute Gasteiger partial charge is 0.300 e. The molecule has 3 rings (SSSR count). The first-order valence-corrected chi connectivity index (χ1v) is 5.40. The Balaban J connectivity index is 2.26. The number of halogens is 1. The lowest BCUT2D eigenvalue weighted by Gasteiger charge is -2.01. The van der Waals surface area contributed by atoms with Gasteiger partial charge in [0.1, 0.15) is 5.82 Å². The predicted octanol–water partition coefficient (Wildman–Crippen LogP) is 3.65. The summed E-state index contributed by atoms with van der Waals surface area (Å²) in [5.41, 5.74) is 2.11. The maximum absolute atomic E-state index is 5.93. The fourth-order valence-electron chi connectivity index (χ4n) is 1.77. The van der Waals surface area contributed by atoms with Crippen LogP contribution < -0.4 is 0 Å². The highest BCUT2D eigenvalue weighted by Crippen LogP contribution is 2.21. The molecule has 0 bridgehead atoms. The van der Waals surface area contributed by atoms with E-state index in [1.807, 2.05) is 59.3 Å². The molecule has 3 heteroatoms. The highest BCUT2D eigenvalue weighted by atomic mass is 35.5. The van der Waals surface area contributed by atoms with Crippen molar-refractivity contribution < 1.29 is 0 Å². The number of rotatable bonds is 1. The summed E-state index contributed by atoms with van der Waals surface area (Å²) in [6, 6.07) is 13.9. The van der Waals surface area contributed by atoms with Crippen LogP contribution in [0.15, 0.2) is 54.9 Å². The van der Waals surface area contributed by atoms with Gasteiger partial charge in [-0.15, -0.1) is 0 Å². The number of benzene rings is 1. The van der Waals surface area contributed by atoms with Crippen LogP contribution in [0.3, 0.4) is 0 Å². The molecule has 0 spiro atoms. The molecule has 0 N–H and O–H groups in total. The maximum Gasteiger partial charge on any atom is 0.144 e. The van der Waals surface area contributed by atoms with Crippen LogP contribution in [0.2, 0.25) is 5.02 Å². The number of hydrogen-bond acceptors (Lipinski definition) is 1. The van der Waals surface area contributed by atoms with Gasteiger partial charge >= 0.3 is 0 Å². The van der Waals surface area contributed by atoms with Gasteiger partial charge in [0.25, 0.3) is 0 Å². The fraction of sp³-hybridized carbons (Fsp3) is 0. The first-order valence-electron chi connectivity index (χ1n) is 5.02. The van der Waals surface area contributed by atoms with Crippen molar-refractivity contribution in [2.24, 2.45) is 0 Å². The number of fused-ring (bicyclic) bond motifs is 1. The molecule has 0 fully saturated rings.